The van der Waals surface area contributed by atoms with E-state index in [0.717, 1.165) is 0 Å². The fourth-order valence-corrected chi connectivity index (χ4v) is 4.82. The Morgan fingerprint density at radius 1 is 1.23 bits per heavy atom. The summed E-state index contributed by atoms with van der Waals surface area (Å²) >= 11 is 0. The number of nitrogens with one attached hydrogen (secondary N) is 1. The molecule has 158 valence electrons. The third-order valence-corrected chi connectivity index (χ3v) is 5.83. The highest BCUT2D eigenvalue weighted by atomic mass is 35.5. The van der Waals surface area contributed by atoms with Gasteiger partial charge in [-0.3, -0.25) is 19.4 Å². The molecule has 30 heavy (non-hydrogen) atoms. The van der Waals surface area contributed by atoms with Gasteiger partial charge in [-0.25, -0.2) is 0 Å². The zero-order valence-electron chi connectivity index (χ0n) is 16.7. The minimum absolute atomic E-state index is 0. The van der Waals surface area contributed by atoms with E-state index in [1.165, 1.54) is 11.1 Å². The summed E-state index contributed by atoms with van der Waals surface area (Å²) in [6.07, 6.45) is 2.33. The molecule has 2 N–H and O–H groups in total. The number of pyridine rings is 1. The van der Waals surface area contributed by atoms with Crippen molar-refractivity contribution in [1.82, 2.24) is 9.88 Å². The molecule has 3 atom stereocenters. The molecular formula is C22H24ClN3O4. The van der Waals surface area contributed by atoms with Gasteiger partial charge in [-0.05, 0) is 37.0 Å². The molecule has 2 aliphatic rings. The van der Waals surface area contributed by atoms with Crippen LogP contribution < -0.4 is 5.32 Å². The van der Waals surface area contributed by atoms with Crippen molar-refractivity contribution in [1.29, 1.82) is 0 Å². The molecule has 7 nitrogen and oxygen atoms in total. The molecule has 1 aromatic carbocycles. The van der Waals surface area contributed by atoms with E-state index in [-0.39, 0.29) is 36.5 Å². The van der Waals surface area contributed by atoms with Crippen LogP contribution in [0.5, 0.6) is 0 Å². The first-order chi connectivity index (χ1) is 13.9. The lowest BCUT2D eigenvalue weighted by molar-refractivity contribution is -0.148. The van der Waals surface area contributed by atoms with Crippen molar-refractivity contribution >= 4 is 35.9 Å². The van der Waals surface area contributed by atoms with E-state index in [2.05, 4.69) is 10.3 Å². The molecule has 1 spiro atoms. The average molecular weight is 430 g/mol. The molecular weight excluding hydrogens is 406 g/mol. The van der Waals surface area contributed by atoms with Gasteiger partial charge in [0, 0.05) is 23.5 Å². The lowest BCUT2D eigenvalue weighted by Gasteiger charge is -2.38. The summed E-state index contributed by atoms with van der Waals surface area (Å²) in [6.45, 7) is 4.04. The van der Waals surface area contributed by atoms with Gasteiger partial charge >= 0.3 is 5.97 Å². The average Bonchev–Trinajstić information content (AvgIpc) is 3.18. The quantitative estimate of drug-likeness (QED) is 0.776. The van der Waals surface area contributed by atoms with Gasteiger partial charge in [-0.2, -0.15) is 0 Å². The molecule has 1 saturated heterocycles. The summed E-state index contributed by atoms with van der Waals surface area (Å²) in [4.78, 5) is 45.0. The van der Waals surface area contributed by atoms with Gasteiger partial charge in [-0.1, -0.05) is 38.1 Å². The number of para-hydroxylation sites is 1. The minimum Gasteiger partial charge on any atom is -0.481 e. The van der Waals surface area contributed by atoms with Gasteiger partial charge in [0.25, 0.3) is 11.8 Å². The number of benzene rings is 1. The summed E-state index contributed by atoms with van der Waals surface area (Å²) < 4.78 is 0. The Morgan fingerprint density at radius 3 is 2.57 bits per heavy atom. The number of fused-ring (bicyclic) bond motifs is 2. The summed E-state index contributed by atoms with van der Waals surface area (Å²) in [5.41, 5.74) is -0.305. The number of carboxylic acid groups (broad SMARTS) is 1. The van der Waals surface area contributed by atoms with Crippen LogP contribution in [0, 0.1) is 11.8 Å². The van der Waals surface area contributed by atoms with E-state index >= 15 is 0 Å². The van der Waals surface area contributed by atoms with Crippen LogP contribution in [0.4, 0.5) is 5.69 Å². The maximum Gasteiger partial charge on any atom is 0.309 e. The maximum absolute atomic E-state index is 13.6. The molecule has 0 unspecified atom stereocenters. The Bertz CT molecular complexity index is 981. The number of rotatable bonds is 4. The van der Waals surface area contributed by atoms with Crippen molar-refractivity contribution in [3.63, 3.8) is 0 Å². The standard InChI is InChI=1S/C22H23N3O4.ClH/c1-13(2)11-14-12-16(20(27)28)22(15-7-3-4-8-17(15)24-21(22)29)25(14)19(26)18-9-5-6-10-23-18;/h3-10,13-14,16H,11-12H2,1-2H3,(H,24,29)(H,27,28);1H/t14-,16-,22+;/m0./s1. The van der Waals surface area contributed by atoms with Gasteiger partial charge in [-0.15, -0.1) is 12.4 Å². The molecule has 2 aliphatic heterocycles. The normalized spacial score (nSPS) is 24.5. The van der Waals surface area contributed by atoms with Gasteiger partial charge in [0.2, 0.25) is 0 Å². The van der Waals surface area contributed by atoms with Crippen LogP contribution in [0.2, 0.25) is 0 Å². The van der Waals surface area contributed by atoms with E-state index in [0.29, 0.717) is 17.7 Å². The lowest BCUT2D eigenvalue weighted by Crippen LogP contribution is -2.56. The van der Waals surface area contributed by atoms with Crippen molar-refractivity contribution < 1.29 is 19.5 Å². The first kappa shape index (κ1) is 21.8. The number of hydrogen-bond donors (Lipinski definition) is 2. The highest BCUT2D eigenvalue weighted by molar-refractivity contribution is 6.11. The molecule has 2 amide bonds. The molecule has 4 rings (SSSR count). The Hall–Kier alpha value is -2.93. The second-order valence-electron chi connectivity index (χ2n) is 8.07. The molecule has 8 heteroatoms. The van der Waals surface area contributed by atoms with Crippen LogP contribution in [0.25, 0.3) is 0 Å². The zero-order valence-corrected chi connectivity index (χ0v) is 17.6. The second-order valence-corrected chi connectivity index (χ2v) is 8.07. The van der Waals surface area contributed by atoms with Crippen molar-refractivity contribution in [2.45, 2.75) is 38.3 Å². The number of hydrogen-bond acceptors (Lipinski definition) is 4. The van der Waals surface area contributed by atoms with Crippen LogP contribution in [0.3, 0.4) is 0 Å². The maximum atomic E-state index is 13.6. The van der Waals surface area contributed by atoms with Gasteiger partial charge in [0.15, 0.2) is 5.54 Å². The third-order valence-electron chi connectivity index (χ3n) is 5.83. The number of amides is 2. The first-order valence-electron chi connectivity index (χ1n) is 9.75. The Kier molecular flexibility index (Phi) is 5.85. The van der Waals surface area contributed by atoms with E-state index in [4.69, 9.17) is 0 Å². The molecule has 0 radical (unpaired) electrons. The van der Waals surface area contributed by atoms with E-state index < -0.39 is 29.2 Å². The number of carbonyl (C=O) groups is 3. The third kappa shape index (κ3) is 3.13. The van der Waals surface area contributed by atoms with Crippen LogP contribution >= 0.6 is 12.4 Å². The van der Waals surface area contributed by atoms with E-state index in [1.54, 1.807) is 42.5 Å². The molecule has 1 fully saturated rings. The van der Waals surface area contributed by atoms with Crippen LogP contribution in [0.1, 0.15) is 42.7 Å². The van der Waals surface area contributed by atoms with E-state index in [1.807, 2.05) is 13.8 Å². The first-order valence-corrected chi connectivity index (χ1v) is 9.75. The Balaban J connectivity index is 0.00000256. The molecule has 0 bridgehead atoms. The van der Waals surface area contributed by atoms with Crippen LogP contribution in [-0.4, -0.2) is 38.8 Å². The van der Waals surface area contributed by atoms with Crippen molar-refractivity contribution in [2.24, 2.45) is 11.8 Å². The fourth-order valence-electron chi connectivity index (χ4n) is 4.82. The van der Waals surface area contributed by atoms with Crippen LogP contribution in [0.15, 0.2) is 48.7 Å². The molecule has 3 heterocycles. The number of anilines is 1. The van der Waals surface area contributed by atoms with Gasteiger partial charge in [0.1, 0.15) is 5.69 Å². The number of carbonyl (C=O) groups excluding carboxylic acids is 2. The number of aliphatic carboxylic acids is 1. The SMILES string of the molecule is CC(C)C[C@H]1C[C@@H](C(=O)O)[C@]2(C(=O)Nc3ccccc32)N1C(=O)c1ccccn1.Cl. The Morgan fingerprint density at radius 2 is 1.93 bits per heavy atom. The smallest absolute Gasteiger partial charge is 0.309 e. The minimum atomic E-state index is -1.59. The molecule has 0 saturated carbocycles. The van der Waals surface area contributed by atoms with Crippen molar-refractivity contribution in [3.05, 3.63) is 59.9 Å². The summed E-state index contributed by atoms with van der Waals surface area (Å²) in [5.74, 6) is -2.79. The Labute approximate surface area is 180 Å². The number of halogens is 1. The highest BCUT2D eigenvalue weighted by Crippen LogP contribution is 2.54. The van der Waals surface area contributed by atoms with Crippen molar-refractivity contribution in [2.75, 3.05) is 5.32 Å². The number of carboxylic acids is 1. The predicted molar refractivity (Wildman–Crippen MR) is 113 cm³/mol. The number of aromatic nitrogens is 1. The molecule has 1 aromatic heterocycles. The highest BCUT2D eigenvalue weighted by Gasteiger charge is 2.66. The fraction of sp³-hybridized carbons (Fsp3) is 0.364. The van der Waals surface area contributed by atoms with Crippen LogP contribution in [-0.2, 0) is 15.1 Å². The predicted octanol–water partition coefficient (Wildman–Crippen LogP) is 3.31. The van der Waals surface area contributed by atoms with Gasteiger partial charge < -0.3 is 15.3 Å². The largest absolute Gasteiger partial charge is 0.481 e. The number of likely N-dealkylation sites (tertiary alicyclic amines) is 1. The number of nitrogens with zero attached hydrogens (tertiary/aromatic N) is 2. The summed E-state index contributed by atoms with van der Waals surface area (Å²) in [7, 11) is 0. The summed E-state index contributed by atoms with van der Waals surface area (Å²) in [5, 5.41) is 12.9. The monoisotopic (exact) mass is 429 g/mol. The molecule has 0 aliphatic carbocycles. The van der Waals surface area contributed by atoms with Gasteiger partial charge in [0.05, 0.1) is 5.92 Å². The zero-order chi connectivity index (χ0) is 20.8. The van der Waals surface area contributed by atoms with E-state index in [9.17, 15) is 19.5 Å². The lowest BCUT2D eigenvalue weighted by atomic mass is 9.79. The van der Waals surface area contributed by atoms with Crippen molar-refractivity contribution in [3.8, 4) is 0 Å². The molecule has 2 aromatic rings. The second kappa shape index (κ2) is 8.07. The summed E-state index contributed by atoms with van der Waals surface area (Å²) in [6, 6.07) is 11.6. The topological polar surface area (TPSA) is 99.6 Å².